The first-order valence-electron chi connectivity index (χ1n) is 11.3. The Labute approximate surface area is 194 Å². The molecule has 0 spiro atoms. The fourth-order valence-corrected chi connectivity index (χ4v) is 4.95. The van der Waals surface area contributed by atoms with E-state index in [0.717, 1.165) is 22.6 Å². The molecule has 0 aromatic heterocycles. The maximum Gasteiger partial charge on any atom is 0.0757 e. The van der Waals surface area contributed by atoms with Gasteiger partial charge in [0.15, 0.2) is 0 Å². The van der Waals surface area contributed by atoms with Gasteiger partial charge in [0.2, 0.25) is 0 Å². The van der Waals surface area contributed by atoms with E-state index in [9.17, 15) is 0 Å². The van der Waals surface area contributed by atoms with E-state index in [2.05, 4.69) is 121 Å². The van der Waals surface area contributed by atoms with Crippen molar-refractivity contribution in [1.29, 1.82) is 0 Å². The molecule has 4 aromatic rings. The number of anilines is 4. The molecule has 4 heteroatoms. The molecule has 2 aliphatic rings. The van der Waals surface area contributed by atoms with Crippen molar-refractivity contribution < 1.29 is 0 Å². The number of benzene rings is 4. The van der Waals surface area contributed by atoms with Crippen LogP contribution in [0.2, 0.25) is 0 Å². The average Bonchev–Trinajstić information content (AvgIpc) is 3.36. The molecule has 33 heavy (non-hydrogen) atoms. The van der Waals surface area contributed by atoms with E-state index >= 15 is 0 Å². The van der Waals surface area contributed by atoms with Crippen molar-refractivity contribution in [3.05, 3.63) is 126 Å². The molecule has 0 saturated heterocycles. The number of hydrogen-bond donors (Lipinski definition) is 2. The van der Waals surface area contributed by atoms with Crippen molar-refractivity contribution in [3.8, 4) is 0 Å². The highest BCUT2D eigenvalue weighted by Crippen LogP contribution is 2.51. The van der Waals surface area contributed by atoms with E-state index in [-0.39, 0.29) is 5.41 Å². The Morgan fingerprint density at radius 3 is 1.94 bits per heavy atom. The van der Waals surface area contributed by atoms with Gasteiger partial charge in [-0.25, -0.2) is 0 Å². The Bertz CT molecular complexity index is 1310. The summed E-state index contributed by atoms with van der Waals surface area (Å²) in [6.07, 6.45) is 2.09. The summed E-state index contributed by atoms with van der Waals surface area (Å²) in [6.45, 7) is 4.63. The number of hydrogen-bond acceptors (Lipinski definition) is 4. The highest BCUT2D eigenvalue weighted by Gasteiger charge is 2.36. The van der Waals surface area contributed by atoms with Crippen LogP contribution in [0.5, 0.6) is 0 Å². The largest absolute Gasteiger partial charge is 0.310 e. The molecule has 0 aliphatic carbocycles. The minimum absolute atomic E-state index is 0.0586. The molecule has 0 fully saturated rings. The van der Waals surface area contributed by atoms with Crippen molar-refractivity contribution >= 4 is 28.4 Å². The Morgan fingerprint density at radius 2 is 1.24 bits per heavy atom. The first-order chi connectivity index (χ1) is 16.1. The lowest BCUT2D eigenvalue weighted by atomic mass is 9.73. The zero-order valence-electron chi connectivity index (χ0n) is 18.8. The number of nitrogens with zero attached hydrogens (tertiary/aromatic N) is 2. The van der Waals surface area contributed by atoms with Gasteiger partial charge in [0, 0.05) is 22.9 Å². The summed E-state index contributed by atoms with van der Waals surface area (Å²) in [6, 6.07) is 36.5. The van der Waals surface area contributed by atoms with E-state index < -0.39 is 0 Å². The molecule has 0 radical (unpaired) electrons. The summed E-state index contributed by atoms with van der Waals surface area (Å²) in [5, 5.41) is 2.00. The van der Waals surface area contributed by atoms with Crippen molar-refractivity contribution in [3.63, 3.8) is 0 Å². The topological polar surface area (TPSA) is 30.5 Å². The van der Waals surface area contributed by atoms with Gasteiger partial charge in [0.05, 0.1) is 22.8 Å². The fraction of sp³-hybridized carbons (Fsp3) is 0.103. The zero-order valence-corrected chi connectivity index (χ0v) is 18.8. The second-order valence-electron chi connectivity index (χ2n) is 9.03. The molecule has 4 aromatic carbocycles. The molecule has 0 unspecified atom stereocenters. The first-order valence-corrected chi connectivity index (χ1v) is 11.3. The average molecular weight is 431 g/mol. The molecule has 4 nitrogen and oxygen atoms in total. The summed E-state index contributed by atoms with van der Waals surface area (Å²) in [7, 11) is 0. The van der Waals surface area contributed by atoms with Crippen LogP contribution in [0.1, 0.15) is 30.5 Å². The Balaban J connectivity index is 1.44. The van der Waals surface area contributed by atoms with Gasteiger partial charge >= 0.3 is 0 Å². The van der Waals surface area contributed by atoms with Crippen molar-refractivity contribution in [2.75, 3.05) is 9.91 Å². The van der Waals surface area contributed by atoms with Gasteiger partial charge < -0.3 is 10.3 Å². The van der Waals surface area contributed by atoms with Crippen molar-refractivity contribution in [2.45, 2.75) is 19.3 Å². The predicted molar refractivity (Wildman–Crippen MR) is 136 cm³/mol. The van der Waals surface area contributed by atoms with Gasteiger partial charge in [0.25, 0.3) is 0 Å². The first kappa shape index (κ1) is 19.6. The maximum atomic E-state index is 3.32. The van der Waals surface area contributed by atoms with Crippen LogP contribution in [-0.4, -0.2) is 0 Å². The minimum Gasteiger partial charge on any atom is -0.310 e. The quantitative estimate of drug-likeness (QED) is 0.382. The van der Waals surface area contributed by atoms with E-state index in [1.807, 2.05) is 23.2 Å². The van der Waals surface area contributed by atoms with Gasteiger partial charge in [0.1, 0.15) is 0 Å². The van der Waals surface area contributed by atoms with E-state index in [1.54, 1.807) is 0 Å². The maximum absolute atomic E-state index is 3.32. The molecule has 2 heterocycles. The third-order valence-corrected chi connectivity index (χ3v) is 6.66. The normalized spacial score (nSPS) is 16.0. The molecule has 0 bridgehead atoms. The minimum atomic E-state index is -0.0586. The van der Waals surface area contributed by atoms with Crippen LogP contribution in [0.15, 0.2) is 109 Å². The summed E-state index contributed by atoms with van der Waals surface area (Å²) in [5.74, 6) is 0. The SMILES string of the molecule is CC1(C)c2ccccc2N(c2cccc(C3=CN(c4ccccc4)NN3)c2)c2ccccc21. The second-order valence-corrected chi connectivity index (χ2v) is 9.03. The van der Waals surface area contributed by atoms with Crippen LogP contribution >= 0.6 is 0 Å². The number of hydrazine groups is 2. The molecular formula is C29H26N4. The number of nitrogens with one attached hydrogen (secondary N) is 2. The van der Waals surface area contributed by atoms with Crippen LogP contribution < -0.4 is 20.9 Å². The van der Waals surface area contributed by atoms with Gasteiger partial charge in [-0.1, -0.05) is 80.6 Å². The number of para-hydroxylation sites is 3. The van der Waals surface area contributed by atoms with Crippen LogP contribution in [-0.2, 0) is 5.41 Å². The smallest absolute Gasteiger partial charge is 0.0757 e. The van der Waals surface area contributed by atoms with E-state index in [0.29, 0.717) is 0 Å². The number of fused-ring (bicyclic) bond motifs is 2. The third-order valence-electron chi connectivity index (χ3n) is 6.66. The molecule has 0 amide bonds. The monoisotopic (exact) mass is 430 g/mol. The standard InChI is InChI=1S/C29H26N4/c1-29(2)24-15-6-8-17-27(24)33(28-18-9-7-16-25(28)29)23-14-10-11-21(19-23)26-20-32(31-30-26)22-12-4-3-5-13-22/h3-20,30-31H,1-2H3. The lowest BCUT2D eigenvalue weighted by Crippen LogP contribution is -2.36. The third kappa shape index (κ3) is 3.19. The van der Waals surface area contributed by atoms with E-state index in [1.165, 1.54) is 22.5 Å². The summed E-state index contributed by atoms with van der Waals surface area (Å²) < 4.78 is 0. The predicted octanol–water partition coefficient (Wildman–Crippen LogP) is 6.62. The van der Waals surface area contributed by atoms with Crippen LogP contribution in [0.3, 0.4) is 0 Å². The molecular weight excluding hydrogens is 404 g/mol. The Morgan fingerprint density at radius 1 is 0.636 bits per heavy atom. The molecule has 0 atom stereocenters. The lowest BCUT2D eigenvalue weighted by Gasteiger charge is -2.42. The molecule has 2 N–H and O–H groups in total. The molecule has 162 valence electrons. The summed E-state index contributed by atoms with van der Waals surface area (Å²) >= 11 is 0. The highest BCUT2D eigenvalue weighted by molar-refractivity contribution is 5.87. The fourth-order valence-electron chi connectivity index (χ4n) is 4.95. The Kier molecular flexibility index (Phi) is 4.49. The Hall–Kier alpha value is -4.02. The highest BCUT2D eigenvalue weighted by atomic mass is 15.7. The van der Waals surface area contributed by atoms with Gasteiger partial charge in [-0.05, 0) is 47.5 Å². The summed E-state index contributed by atoms with van der Waals surface area (Å²) in [5.41, 5.74) is 16.0. The summed E-state index contributed by atoms with van der Waals surface area (Å²) in [4.78, 5) is 2.39. The molecule has 6 rings (SSSR count). The second kappa shape index (κ2) is 7.54. The van der Waals surface area contributed by atoms with Crippen LogP contribution in [0.25, 0.3) is 5.70 Å². The molecule has 2 aliphatic heterocycles. The number of rotatable bonds is 3. The van der Waals surface area contributed by atoms with E-state index in [4.69, 9.17) is 0 Å². The van der Waals surface area contributed by atoms with Crippen molar-refractivity contribution in [2.24, 2.45) is 0 Å². The van der Waals surface area contributed by atoms with Gasteiger partial charge in [-0.3, -0.25) is 5.01 Å². The molecule has 0 saturated carbocycles. The van der Waals surface area contributed by atoms with Crippen LogP contribution in [0.4, 0.5) is 22.7 Å². The van der Waals surface area contributed by atoms with Gasteiger partial charge in [-0.15, -0.1) is 5.53 Å². The lowest BCUT2D eigenvalue weighted by molar-refractivity contribution is 0.632. The van der Waals surface area contributed by atoms with Crippen molar-refractivity contribution in [1.82, 2.24) is 11.0 Å². The zero-order chi connectivity index (χ0) is 22.4. The van der Waals surface area contributed by atoms with Gasteiger partial charge in [-0.2, -0.15) is 0 Å². The van der Waals surface area contributed by atoms with Crippen LogP contribution in [0, 0.1) is 0 Å².